The number of hydrogen-bond donors (Lipinski definition) is 0. The fraction of sp³-hybridized carbons (Fsp3) is 0.0492. The first-order valence-electron chi connectivity index (χ1n) is 22.3. The van der Waals surface area contributed by atoms with Crippen LogP contribution >= 0.6 is 0 Å². The van der Waals surface area contributed by atoms with Gasteiger partial charge in [-0.25, -0.2) is 0 Å². The molecule has 3 heteroatoms. The minimum absolute atomic E-state index is 0.591. The maximum Gasteiger partial charge on any atom is 0.159 e. The number of fused-ring (bicyclic) bond motifs is 9. The Bertz CT molecular complexity index is 3570. The summed E-state index contributed by atoms with van der Waals surface area (Å²) < 4.78 is 9.21. The standard InChI is InChI=1S/C61H42N2O/c1-4-18-42(19-5-1)61(43-20-6-2-7-21-43)53-29-16-27-47(41-34-36-45(37-35-41)63-55-30-13-10-24-48(55)49-25-11-14-31-56(49)63)59(53)52-39-38-46(40-54(52)61)62(44-22-8-3-9-23-44)57-32-17-28-51-50-26-12-15-33-58(50)64-60(51)57/h1-34,36,38-40H,35,37H2. The first-order chi connectivity index (χ1) is 31.8. The molecule has 0 bridgehead atoms. The summed E-state index contributed by atoms with van der Waals surface area (Å²) in [6.07, 6.45) is 6.63. The first-order valence-corrected chi connectivity index (χ1v) is 22.3. The Hall–Kier alpha value is -8.14. The average Bonchev–Trinajstić information content (AvgIpc) is 4.02. The third-order valence-electron chi connectivity index (χ3n) is 13.8. The summed E-state index contributed by atoms with van der Waals surface area (Å²) in [5.74, 6) is 0. The second kappa shape index (κ2) is 14.5. The highest BCUT2D eigenvalue weighted by atomic mass is 16.3. The molecule has 2 aliphatic rings. The molecule has 2 aromatic heterocycles. The summed E-state index contributed by atoms with van der Waals surface area (Å²) in [6.45, 7) is 0. The molecular weight excluding hydrogens is 777 g/mol. The van der Waals surface area contributed by atoms with E-state index < -0.39 is 5.41 Å². The highest BCUT2D eigenvalue weighted by Crippen LogP contribution is 2.59. The van der Waals surface area contributed by atoms with Crippen molar-refractivity contribution in [3.63, 3.8) is 0 Å². The number of benzene rings is 9. The van der Waals surface area contributed by atoms with Crippen LogP contribution in [-0.4, -0.2) is 4.57 Å². The minimum atomic E-state index is -0.591. The van der Waals surface area contributed by atoms with Gasteiger partial charge in [-0.15, -0.1) is 0 Å². The molecule has 3 nitrogen and oxygen atoms in total. The molecule has 0 atom stereocenters. The third kappa shape index (κ3) is 5.34. The van der Waals surface area contributed by atoms with E-state index in [9.17, 15) is 0 Å². The third-order valence-corrected chi connectivity index (χ3v) is 13.8. The van der Waals surface area contributed by atoms with Gasteiger partial charge in [-0.2, -0.15) is 0 Å². The number of nitrogens with zero attached hydrogens (tertiary/aromatic N) is 2. The molecule has 0 N–H and O–H groups in total. The number of furan rings is 1. The lowest BCUT2D eigenvalue weighted by Gasteiger charge is -2.35. The molecule has 0 amide bonds. The lowest BCUT2D eigenvalue weighted by atomic mass is 9.67. The van der Waals surface area contributed by atoms with Crippen molar-refractivity contribution in [1.29, 1.82) is 0 Å². The van der Waals surface area contributed by atoms with Crippen molar-refractivity contribution in [2.45, 2.75) is 18.3 Å². The van der Waals surface area contributed by atoms with Crippen LogP contribution in [0.1, 0.15) is 40.7 Å². The van der Waals surface area contributed by atoms with Crippen molar-refractivity contribution in [2.24, 2.45) is 0 Å². The Morgan fingerprint density at radius 2 is 1.05 bits per heavy atom. The summed E-state index contributed by atoms with van der Waals surface area (Å²) >= 11 is 0. The molecule has 11 aromatic rings. The van der Waals surface area contributed by atoms with Gasteiger partial charge in [0.25, 0.3) is 0 Å². The zero-order valence-electron chi connectivity index (χ0n) is 35.2. The van der Waals surface area contributed by atoms with Gasteiger partial charge >= 0.3 is 0 Å². The average molecular weight is 819 g/mol. The van der Waals surface area contributed by atoms with Gasteiger partial charge < -0.3 is 13.9 Å². The maximum atomic E-state index is 6.73. The monoisotopic (exact) mass is 818 g/mol. The highest BCUT2D eigenvalue weighted by molar-refractivity contribution is 6.11. The topological polar surface area (TPSA) is 21.3 Å². The van der Waals surface area contributed by atoms with E-state index in [0.29, 0.717) is 0 Å². The molecule has 0 fully saturated rings. The molecule has 0 aliphatic heterocycles. The Morgan fingerprint density at radius 1 is 0.438 bits per heavy atom. The van der Waals surface area contributed by atoms with Crippen molar-refractivity contribution in [3.8, 4) is 11.1 Å². The molecule has 302 valence electrons. The number of hydrogen-bond acceptors (Lipinski definition) is 2. The fourth-order valence-corrected chi connectivity index (χ4v) is 11.1. The molecule has 13 rings (SSSR count). The minimum Gasteiger partial charge on any atom is -0.454 e. The van der Waals surface area contributed by atoms with Crippen LogP contribution in [0.25, 0.3) is 66.1 Å². The van der Waals surface area contributed by atoms with Gasteiger partial charge in [0, 0.05) is 38.6 Å². The van der Waals surface area contributed by atoms with Crippen LogP contribution in [0.15, 0.2) is 235 Å². The van der Waals surface area contributed by atoms with E-state index in [1.807, 2.05) is 6.07 Å². The van der Waals surface area contributed by atoms with Crippen LogP contribution in [0.2, 0.25) is 0 Å². The molecule has 9 aromatic carbocycles. The molecular formula is C61H42N2O. The van der Waals surface area contributed by atoms with Crippen LogP contribution in [0.4, 0.5) is 17.1 Å². The van der Waals surface area contributed by atoms with Crippen molar-refractivity contribution in [2.75, 3.05) is 4.90 Å². The lowest BCUT2D eigenvalue weighted by Crippen LogP contribution is -2.28. The summed E-state index contributed by atoms with van der Waals surface area (Å²) in [4.78, 5) is 2.38. The molecule has 64 heavy (non-hydrogen) atoms. The van der Waals surface area contributed by atoms with Crippen molar-refractivity contribution >= 4 is 72.1 Å². The van der Waals surface area contributed by atoms with Gasteiger partial charge in [0.15, 0.2) is 5.58 Å². The molecule has 0 saturated heterocycles. The number of para-hydroxylation sites is 5. The second-order valence-electron chi connectivity index (χ2n) is 17.1. The number of anilines is 3. The summed E-state index contributed by atoms with van der Waals surface area (Å²) in [7, 11) is 0. The van der Waals surface area contributed by atoms with Crippen LogP contribution in [0, 0.1) is 0 Å². The summed E-state index contributed by atoms with van der Waals surface area (Å²) in [5.41, 5.74) is 18.4. The first kappa shape index (κ1) is 36.5. The maximum absolute atomic E-state index is 6.73. The van der Waals surface area contributed by atoms with E-state index in [1.165, 1.54) is 72.0 Å². The predicted molar refractivity (Wildman–Crippen MR) is 267 cm³/mol. The van der Waals surface area contributed by atoms with Gasteiger partial charge in [-0.1, -0.05) is 176 Å². The molecule has 2 aliphatic carbocycles. The van der Waals surface area contributed by atoms with E-state index in [4.69, 9.17) is 4.42 Å². The Balaban J connectivity index is 1.05. The predicted octanol–water partition coefficient (Wildman–Crippen LogP) is 16.2. The van der Waals surface area contributed by atoms with E-state index in [2.05, 4.69) is 234 Å². The van der Waals surface area contributed by atoms with E-state index in [1.54, 1.807) is 0 Å². The van der Waals surface area contributed by atoms with Crippen LogP contribution < -0.4 is 4.90 Å². The van der Waals surface area contributed by atoms with Crippen molar-refractivity contribution < 1.29 is 4.42 Å². The molecule has 0 unspecified atom stereocenters. The quantitative estimate of drug-likeness (QED) is 0.160. The van der Waals surface area contributed by atoms with Crippen LogP contribution in [0.5, 0.6) is 0 Å². The number of aromatic nitrogens is 1. The molecule has 0 radical (unpaired) electrons. The normalized spacial score (nSPS) is 14.1. The van der Waals surface area contributed by atoms with Gasteiger partial charge in [0.05, 0.1) is 22.1 Å². The Labute approximate surface area is 372 Å². The largest absolute Gasteiger partial charge is 0.454 e. The van der Waals surface area contributed by atoms with E-state index in [-0.39, 0.29) is 0 Å². The lowest BCUT2D eigenvalue weighted by molar-refractivity contribution is 0.669. The highest BCUT2D eigenvalue weighted by Gasteiger charge is 2.47. The van der Waals surface area contributed by atoms with Crippen molar-refractivity contribution in [3.05, 3.63) is 258 Å². The van der Waals surface area contributed by atoms with Crippen molar-refractivity contribution in [1.82, 2.24) is 4.57 Å². The fourth-order valence-electron chi connectivity index (χ4n) is 11.1. The smallest absolute Gasteiger partial charge is 0.159 e. The summed E-state index contributed by atoms with van der Waals surface area (Å²) in [5, 5.41) is 4.81. The molecule has 0 saturated carbocycles. The van der Waals surface area contributed by atoms with E-state index in [0.717, 1.165) is 51.8 Å². The van der Waals surface area contributed by atoms with Gasteiger partial charge in [-0.3, -0.25) is 0 Å². The van der Waals surface area contributed by atoms with Gasteiger partial charge in [0.2, 0.25) is 0 Å². The number of rotatable bonds is 7. The van der Waals surface area contributed by atoms with Gasteiger partial charge in [0.1, 0.15) is 5.58 Å². The zero-order chi connectivity index (χ0) is 42.2. The summed E-state index contributed by atoms with van der Waals surface area (Å²) in [6, 6.07) is 79.7. The molecule has 0 spiro atoms. The second-order valence-corrected chi connectivity index (χ2v) is 17.1. The number of allylic oxidation sites excluding steroid dienone is 4. The Kier molecular flexibility index (Phi) is 8.26. The van der Waals surface area contributed by atoms with Gasteiger partial charge in [-0.05, 0) is 112 Å². The zero-order valence-corrected chi connectivity index (χ0v) is 35.2. The van der Waals surface area contributed by atoms with Crippen LogP contribution in [-0.2, 0) is 5.41 Å². The van der Waals surface area contributed by atoms with Crippen LogP contribution in [0.3, 0.4) is 0 Å². The molecule has 2 heterocycles. The Morgan fingerprint density at radius 3 is 1.73 bits per heavy atom. The SMILES string of the molecule is C1=C(c2cccc3c2-c2ccc(N(c4ccccc4)c4cccc5c4oc4ccccc45)cc2C3(c2ccccc2)c2ccccc2)CCC(n2c3ccccc3c3ccccc32)=C1. The van der Waals surface area contributed by atoms with E-state index >= 15 is 0 Å².